The van der Waals surface area contributed by atoms with E-state index in [1.807, 2.05) is 32.9 Å². The van der Waals surface area contributed by atoms with Gasteiger partial charge in [-0.3, -0.25) is 0 Å². The largest absolute Gasteiger partial charge is 0.436 e. The third-order valence-electron chi connectivity index (χ3n) is 2.74. The topological polar surface area (TPSA) is 47.0 Å². The first-order valence-electron chi connectivity index (χ1n) is 6.11. The van der Waals surface area contributed by atoms with Crippen molar-refractivity contribution < 1.29 is 9.13 Å². The number of nitrogens with zero attached hydrogens (tertiary/aromatic N) is 2. The summed E-state index contributed by atoms with van der Waals surface area (Å²) in [6, 6.07) is 5.57. The SMILES string of the molecule is CCNc1ncc(F)c(Oc2ccc(C)c(C)c2)n1. The molecule has 2 rings (SSSR count). The van der Waals surface area contributed by atoms with Crippen LogP contribution in [0.3, 0.4) is 0 Å². The van der Waals surface area contributed by atoms with Crippen LogP contribution < -0.4 is 10.1 Å². The Morgan fingerprint density at radius 3 is 2.74 bits per heavy atom. The lowest BCUT2D eigenvalue weighted by atomic mass is 10.1. The van der Waals surface area contributed by atoms with E-state index in [0.29, 0.717) is 18.2 Å². The van der Waals surface area contributed by atoms with Crippen LogP contribution in [0.15, 0.2) is 24.4 Å². The van der Waals surface area contributed by atoms with Crippen LogP contribution in [-0.2, 0) is 0 Å². The molecule has 0 aliphatic carbocycles. The van der Waals surface area contributed by atoms with Gasteiger partial charge in [0.15, 0.2) is 0 Å². The van der Waals surface area contributed by atoms with Crippen molar-refractivity contribution in [1.82, 2.24) is 9.97 Å². The molecule has 0 fully saturated rings. The molecule has 0 saturated heterocycles. The first-order chi connectivity index (χ1) is 9.10. The number of hydrogen-bond donors (Lipinski definition) is 1. The number of benzene rings is 1. The van der Waals surface area contributed by atoms with Crippen molar-refractivity contribution in [3.8, 4) is 11.6 Å². The second-order valence-electron chi connectivity index (χ2n) is 4.23. The molecule has 1 heterocycles. The molecule has 0 spiro atoms. The van der Waals surface area contributed by atoms with E-state index in [0.717, 1.165) is 17.3 Å². The van der Waals surface area contributed by atoms with Gasteiger partial charge in [0.05, 0.1) is 6.20 Å². The summed E-state index contributed by atoms with van der Waals surface area (Å²) in [5, 5.41) is 2.91. The van der Waals surface area contributed by atoms with E-state index >= 15 is 0 Å². The molecule has 0 amide bonds. The number of rotatable bonds is 4. The van der Waals surface area contributed by atoms with Crippen LogP contribution in [0.1, 0.15) is 18.1 Å². The Balaban J connectivity index is 2.26. The van der Waals surface area contributed by atoms with Gasteiger partial charge >= 0.3 is 0 Å². The van der Waals surface area contributed by atoms with Crippen LogP contribution in [0.25, 0.3) is 0 Å². The van der Waals surface area contributed by atoms with Gasteiger partial charge in [-0.2, -0.15) is 9.37 Å². The summed E-state index contributed by atoms with van der Waals surface area (Å²) in [6.45, 7) is 6.56. The molecule has 100 valence electrons. The van der Waals surface area contributed by atoms with Gasteiger partial charge in [-0.15, -0.1) is 0 Å². The maximum atomic E-state index is 13.6. The average molecular weight is 261 g/mol. The van der Waals surface area contributed by atoms with Crippen molar-refractivity contribution >= 4 is 5.95 Å². The predicted octanol–water partition coefficient (Wildman–Crippen LogP) is 3.46. The van der Waals surface area contributed by atoms with Crippen LogP contribution in [0.5, 0.6) is 11.6 Å². The first kappa shape index (κ1) is 13.3. The highest BCUT2D eigenvalue weighted by molar-refractivity contribution is 5.37. The summed E-state index contributed by atoms with van der Waals surface area (Å²) < 4.78 is 19.1. The van der Waals surface area contributed by atoms with Gasteiger partial charge in [0.2, 0.25) is 11.8 Å². The molecule has 0 atom stereocenters. The number of aromatic nitrogens is 2. The van der Waals surface area contributed by atoms with Crippen molar-refractivity contribution in [1.29, 1.82) is 0 Å². The van der Waals surface area contributed by atoms with Crippen molar-refractivity contribution in [3.63, 3.8) is 0 Å². The highest BCUT2D eigenvalue weighted by atomic mass is 19.1. The number of nitrogens with one attached hydrogen (secondary N) is 1. The van der Waals surface area contributed by atoms with E-state index in [4.69, 9.17) is 4.74 Å². The van der Waals surface area contributed by atoms with Gasteiger partial charge in [-0.25, -0.2) is 4.98 Å². The number of hydrogen-bond acceptors (Lipinski definition) is 4. The molecular weight excluding hydrogens is 245 g/mol. The van der Waals surface area contributed by atoms with Crippen molar-refractivity contribution in [3.05, 3.63) is 41.3 Å². The van der Waals surface area contributed by atoms with Crippen LogP contribution >= 0.6 is 0 Å². The fraction of sp³-hybridized carbons (Fsp3) is 0.286. The number of halogens is 1. The highest BCUT2D eigenvalue weighted by Crippen LogP contribution is 2.24. The minimum Gasteiger partial charge on any atom is -0.436 e. The molecule has 1 N–H and O–H groups in total. The maximum absolute atomic E-state index is 13.6. The molecule has 19 heavy (non-hydrogen) atoms. The fourth-order valence-electron chi connectivity index (χ4n) is 1.56. The summed E-state index contributed by atoms with van der Waals surface area (Å²) in [7, 11) is 0. The van der Waals surface area contributed by atoms with Crippen molar-refractivity contribution in [2.45, 2.75) is 20.8 Å². The minimum atomic E-state index is -0.583. The Hall–Kier alpha value is -2.17. The van der Waals surface area contributed by atoms with E-state index in [9.17, 15) is 4.39 Å². The Labute approximate surface area is 111 Å². The zero-order chi connectivity index (χ0) is 13.8. The standard InChI is InChI=1S/C14H16FN3O/c1-4-16-14-17-8-12(15)13(18-14)19-11-6-5-9(2)10(3)7-11/h5-8H,4H2,1-3H3,(H,16,17,18). The summed E-state index contributed by atoms with van der Waals surface area (Å²) in [4.78, 5) is 7.81. The Bertz CT molecular complexity index is 587. The monoisotopic (exact) mass is 261 g/mol. The molecule has 5 heteroatoms. The molecule has 0 unspecified atom stereocenters. The van der Waals surface area contributed by atoms with Gasteiger partial charge < -0.3 is 10.1 Å². The normalized spacial score (nSPS) is 10.3. The zero-order valence-electron chi connectivity index (χ0n) is 11.2. The number of ether oxygens (including phenoxy) is 1. The summed E-state index contributed by atoms with van der Waals surface area (Å²) >= 11 is 0. The number of anilines is 1. The van der Waals surface area contributed by atoms with Crippen molar-refractivity contribution in [2.75, 3.05) is 11.9 Å². The Kier molecular flexibility index (Phi) is 3.94. The lowest BCUT2D eigenvalue weighted by molar-refractivity contribution is 0.420. The fourth-order valence-corrected chi connectivity index (χ4v) is 1.56. The molecule has 0 aliphatic heterocycles. The third kappa shape index (κ3) is 3.19. The van der Waals surface area contributed by atoms with Crippen LogP contribution in [0.4, 0.5) is 10.3 Å². The summed E-state index contributed by atoms with van der Waals surface area (Å²) in [5.74, 6) is 0.250. The van der Waals surface area contributed by atoms with Gasteiger partial charge in [0, 0.05) is 6.54 Å². The maximum Gasteiger partial charge on any atom is 0.260 e. The highest BCUT2D eigenvalue weighted by Gasteiger charge is 2.09. The van der Waals surface area contributed by atoms with Gasteiger partial charge in [0.1, 0.15) is 5.75 Å². The van der Waals surface area contributed by atoms with E-state index in [2.05, 4.69) is 15.3 Å². The molecule has 0 saturated carbocycles. The summed E-state index contributed by atoms with van der Waals surface area (Å²) in [6.07, 6.45) is 1.10. The van der Waals surface area contributed by atoms with Gasteiger partial charge in [-0.1, -0.05) is 6.07 Å². The molecule has 2 aromatic rings. The predicted molar refractivity (Wildman–Crippen MR) is 72.1 cm³/mol. The lowest BCUT2D eigenvalue weighted by Crippen LogP contribution is -2.04. The van der Waals surface area contributed by atoms with E-state index in [1.54, 1.807) is 6.07 Å². The second-order valence-corrected chi connectivity index (χ2v) is 4.23. The van der Waals surface area contributed by atoms with Crippen LogP contribution in [0, 0.1) is 19.7 Å². The molecule has 0 radical (unpaired) electrons. The van der Waals surface area contributed by atoms with Gasteiger partial charge in [-0.05, 0) is 44.0 Å². The van der Waals surface area contributed by atoms with E-state index in [-0.39, 0.29) is 5.88 Å². The zero-order valence-corrected chi connectivity index (χ0v) is 11.2. The molecule has 1 aromatic heterocycles. The van der Waals surface area contributed by atoms with E-state index in [1.165, 1.54) is 0 Å². The Morgan fingerprint density at radius 2 is 2.05 bits per heavy atom. The summed E-state index contributed by atoms with van der Waals surface area (Å²) in [5.41, 5.74) is 2.24. The smallest absolute Gasteiger partial charge is 0.260 e. The molecular formula is C14H16FN3O. The lowest BCUT2D eigenvalue weighted by Gasteiger charge is -2.09. The number of aryl methyl sites for hydroxylation is 2. The molecule has 4 nitrogen and oxygen atoms in total. The van der Waals surface area contributed by atoms with Crippen molar-refractivity contribution in [2.24, 2.45) is 0 Å². The van der Waals surface area contributed by atoms with Crippen LogP contribution in [0.2, 0.25) is 0 Å². The van der Waals surface area contributed by atoms with Gasteiger partial charge in [0.25, 0.3) is 5.88 Å². The van der Waals surface area contributed by atoms with E-state index < -0.39 is 5.82 Å². The molecule has 0 aliphatic rings. The third-order valence-corrected chi connectivity index (χ3v) is 2.74. The quantitative estimate of drug-likeness (QED) is 0.915. The van der Waals surface area contributed by atoms with Crippen LogP contribution in [-0.4, -0.2) is 16.5 Å². The molecule has 1 aromatic carbocycles. The minimum absolute atomic E-state index is 0.0748. The molecule has 0 bridgehead atoms. The first-order valence-corrected chi connectivity index (χ1v) is 6.11. The average Bonchev–Trinajstić information content (AvgIpc) is 2.38. The Morgan fingerprint density at radius 1 is 1.26 bits per heavy atom. The second kappa shape index (κ2) is 5.65.